The second-order valence-electron chi connectivity index (χ2n) is 2.49. The average Bonchev–Trinajstić information content (AvgIpc) is 2.26. The highest BCUT2D eigenvalue weighted by Gasteiger charge is 2.06. The van der Waals surface area contributed by atoms with Crippen molar-refractivity contribution in [3.05, 3.63) is 35.7 Å². The summed E-state index contributed by atoms with van der Waals surface area (Å²) in [7, 11) is 1.45. The molecule has 0 spiro atoms. The Kier molecular flexibility index (Phi) is 3.55. The van der Waals surface area contributed by atoms with Crippen molar-refractivity contribution in [2.45, 2.75) is 0 Å². The molecule has 0 fully saturated rings. The fraction of sp³-hybridized carbons (Fsp3) is 0.100. The minimum absolute atomic E-state index is 0.0637. The van der Waals surface area contributed by atoms with E-state index in [9.17, 15) is 9.59 Å². The average molecular weight is 189 g/mol. The van der Waals surface area contributed by atoms with Gasteiger partial charge in [-0.05, 0) is 18.2 Å². The Hall–Kier alpha value is -1.97. The van der Waals surface area contributed by atoms with Gasteiger partial charge in [0.15, 0.2) is 0 Å². The lowest BCUT2D eigenvalue weighted by atomic mass is 10.2. The van der Waals surface area contributed by atoms with Crippen LogP contribution < -0.4 is 5.32 Å². The lowest BCUT2D eigenvalue weighted by Gasteiger charge is -1.96. The van der Waals surface area contributed by atoms with Gasteiger partial charge in [-0.15, -0.1) is 0 Å². The largest absolute Gasteiger partial charge is 0.355 e. The molecule has 4 nitrogen and oxygen atoms in total. The molecule has 0 bridgehead atoms. The quantitative estimate of drug-likeness (QED) is 0.423. The smallest absolute Gasteiger partial charge is 0.255 e. The maximum atomic E-state index is 11.1. The molecule has 0 aliphatic rings. The lowest BCUT2D eigenvalue weighted by Crippen LogP contribution is -2.20. The number of aromatic nitrogens is 1. The van der Waals surface area contributed by atoms with Crippen LogP contribution in [0.4, 0.5) is 0 Å². The number of nitrogens with one attached hydrogen (secondary N) is 1. The molecule has 14 heavy (non-hydrogen) atoms. The molecule has 0 aliphatic heterocycles. The number of carbonyl (C=O) groups is 1. The summed E-state index contributed by atoms with van der Waals surface area (Å²) in [6.45, 7) is 0. The van der Waals surface area contributed by atoms with Crippen LogP contribution in [-0.4, -0.2) is 24.2 Å². The molecule has 0 unspecified atom stereocenters. The molecule has 1 rings (SSSR count). The molecule has 1 aromatic heterocycles. The summed E-state index contributed by atoms with van der Waals surface area (Å²) in [5.41, 5.74) is 0.487. The molecule has 1 radical (unpaired) electrons. The molecule has 1 heterocycles. The lowest BCUT2D eigenvalue weighted by molar-refractivity contribution is -0.116. The van der Waals surface area contributed by atoms with Gasteiger partial charge in [0, 0.05) is 13.2 Å². The zero-order chi connectivity index (χ0) is 10.4. The molecule has 4 heteroatoms. The first kappa shape index (κ1) is 10.1. The van der Waals surface area contributed by atoms with E-state index >= 15 is 0 Å². The van der Waals surface area contributed by atoms with E-state index < -0.39 is 5.91 Å². The minimum Gasteiger partial charge on any atom is -0.355 e. The van der Waals surface area contributed by atoms with Crippen LogP contribution in [0.3, 0.4) is 0 Å². The van der Waals surface area contributed by atoms with Gasteiger partial charge in [0.1, 0.15) is 0 Å². The van der Waals surface area contributed by atoms with Crippen LogP contribution in [0.5, 0.6) is 0 Å². The number of nitrogens with zero attached hydrogens (tertiary/aromatic N) is 1. The predicted octanol–water partition coefficient (Wildman–Crippen LogP) is 0.321. The van der Waals surface area contributed by atoms with Crippen molar-refractivity contribution < 1.29 is 9.59 Å². The van der Waals surface area contributed by atoms with Crippen LogP contribution in [0.2, 0.25) is 0 Å². The maximum Gasteiger partial charge on any atom is 0.255 e. The van der Waals surface area contributed by atoms with Gasteiger partial charge in [-0.1, -0.05) is 6.07 Å². The summed E-state index contributed by atoms with van der Waals surface area (Å²) in [5, 5.41) is 2.34. The van der Waals surface area contributed by atoms with Crippen LogP contribution >= 0.6 is 0 Å². The summed E-state index contributed by atoms with van der Waals surface area (Å²) in [6, 6.07) is 5.22. The molecule has 0 saturated heterocycles. The summed E-state index contributed by atoms with van der Waals surface area (Å²) in [5.74, 6) is -0.467. The van der Waals surface area contributed by atoms with Crippen LogP contribution in [0.15, 0.2) is 30.0 Å². The number of hydrogen-bond donors (Lipinski definition) is 1. The van der Waals surface area contributed by atoms with E-state index in [2.05, 4.69) is 10.3 Å². The molecule has 71 valence electrons. The van der Waals surface area contributed by atoms with Crippen LogP contribution in [-0.2, 0) is 9.59 Å². The zero-order valence-corrected chi connectivity index (χ0v) is 7.65. The molecule has 0 aromatic carbocycles. The van der Waals surface area contributed by atoms with Gasteiger partial charge >= 0.3 is 0 Å². The third kappa shape index (κ3) is 2.52. The third-order valence-electron chi connectivity index (χ3n) is 1.56. The van der Waals surface area contributed by atoms with E-state index in [1.807, 2.05) is 0 Å². The number of likely N-dealkylation sites (N-methyl/N-ethyl adjacent to an activating group) is 1. The van der Waals surface area contributed by atoms with E-state index in [0.717, 1.165) is 0 Å². The van der Waals surface area contributed by atoms with E-state index in [0.29, 0.717) is 5.69 Å². The SMILES string of the molecule is CNC(=O)C([C]=O)=Cc1ccccn1. The Morgan fingerprint density at radius 3 is 2.86 bits per heavy atom. The molecule has 0 atom stereocenters. The van der Waals surface area contributed by atoms with Crippen molar-refractivity contribution in [1.82, 2.24) is 10.3 Å². The topological polar surface area (TPSA) is 59.1 Å². The van der Waals surface area contributed by atoms with Crippen molar-refractivity contribution >= 4 is 18.3 Å². The highest BCUT2D eigenvalue weighted by atomic mass is 16.2. The zero-order valence-electron chi connectivity index (χ0n) is 7.65. The Bertz CT molecular complexity index is 358. The van der Waals surface area contributed by atoms with Crippen molar-refractivity contribution in [3.8, 4) is 0 Å². The van der Waals surface area contributed by atoms with Crippen LogP contribution in [0.1, 0.15) is 5.69 Å². The number of pyridine rings is 1. The van der Waals surface area contributed by atoms with E-state index in [4.69, 9.17) is 0 Å². The fourth-order valence-corrected chi connectivity index (χ4v) is 0.885. The van der Waals surface area contributed by atoms with Crippen LogP contribution in [0.25, 0.3) is 6.08 Å². The van der Waals surface area contributed by atoms with Crippen molar-refractivity contribution in [2.24, 2.45) is 0 Å². The first-order valence-corrected chi connectivity index (χ1v) is 4.01. The van der Waals surface area contributed by atoms with Gasteiger partial charge in [0.2, 0.25) is 6.29 Å². The van der Waals surface area contributed by atoms with E-state index in [1.165, 1.54) is 13.1 Å². The summed E-state index contributed by atoms with van der Waals surface area (Å²) >= 11 is 0. The second kappa shape index (κ2) is 4.91. The van der Waals surface area contributed by atoms with Crippen molar-refractivity contribution in [2.75, 3.05) is 7.05 Å². The first-order valence-electron chi connectivity index (χ1n) is 4.01. The van der Waals surface area contributed by atoms with Gasteiger partial charge in [0.05, 0.1) is 11.3 Å². The molecule has 0 saturated carbocycles. The number of amides is 1. The van der Waals surface area contributed by atoms with Gasteiger partial charge in [-0.25, -0.2) is 0 Å². The Labute approximate surface area is 81.7 Å². The third-order valence-corrected chi connectivity index (χ3v) is 1.56. The normalized spacial score (nSPS) is 10.8. The van der Waals surface area contributed by atoms with Gasteiger partial charge in [-0.3, -0.25) is 14.6 Å². The molecule has 1 amide bonds. The fourth-order valence-electron chi connectivity index (χ4n) is 0.885. The predicted molar refractivity (Wildman–Crippen MR) is 52.0 cm³/mol. The Balaban J connectivity index is 2.95. The maximum absolute atomic E-state index is 11.1. The van der Waals surface area contributed by atoms with Crippen molar-refractivity contribution in [3.63, 3.8) is 0 Å². The first-order chi connectivity index (χ1) is 6.77. The van der Waals surface area contributed by atoms with E-state index in [-0.39, 0.29) is 5.57 Å². The Morgan fingerprint density at radius 2 is 2.36 bits per heavy atom. The highest BCUT2D eigenvalue weighted by molar-refractivity contribution is 6.14. The number of hydrogen-bond acceptors (Lipinski definition) is 3. The highest BCUT2D eigenvalue weighted by Crippen LogP contribution is 2.01. The van der Waals surface area contributed by atoms with Crippen molar-refractivity contribution in [1.29, 1.82) is 0 Å². The van der Waals surface area contributed by atoms with E-state index in [1.54, 1.807) is 30.7 Å². The van der Waals surface area contributed by atoms with Gasteiger partial charge in [0.25, 0.3) is 5.91 Å². The second-order valence-corrected chi connectivity index (χ2v) is 2.49. The monoisotopic (exact) mass is 189 g/mol. The molecular formula is C10H9N2O2. The Morgan fingerprint density at radius 1 is 1.57 bits per heavy atom. The molecular weight excluding hydrogens is 180 g/mol. The summed E-state index contributed by atoms with van der Waals surface area (Å²) in [4.78, 5) is 25.5. The molecule has 1 aromatic rings. The van der Waals surface area contributed by atoms with Gasteiger partial charge < -0.3 is 5.32 Å². The minimum atomic E-state index is -0.467. The van der Waals surface area contributed by atoms with Crippen LogP contribution in [0, 0.1) is 0 Å². The number of rotatable bonds is 3. The number of carbonyl (C=O) groups excluding carboxylic acids is 2. The summed E-state index contributed by atoms with van der Waals surface area (Å²) < 4.78 is 0. The summed E-state index contributed by atoms with van der Waals surface area (Å²) in [6.07, 6.45) is 4.52. The molecule has 0 aliphatic carbocycles. The van der Waals surface area contributed by atoms with Gasteiger partial charge in [-0.2, -0.15) is 0 Å². The standard InChI is InChI=1S/C10H9N2O2/c1-11-10(14)8(7-13)6-9-4-2-3-5-12-9/h2-6H,1H3,(H,11,14). The molecule has 1 N–H and O–H groups in total.